The predicted octanol–water partition coefficient (Wildman–Crippen LogP) is 2.49. The van der Waals surface area contributed by atoms with Crippen LogP contribution in [-0.4, -0.2) is 30.5 Å². The normalized spacial score (nSPS) is 14.0. The Morgan fingerprint density at radius 2 is 1.83 bits per heavy atom. The van der Waals surface area contributed by atoms with Crippen molar-refractivity contribution in [1.29, 1.82) is 0 Å². The highest BCUT2D eigenvalue weighted by Crippen LogP contribution is 2.37. The van der Waals surface area contributed by atoms with Gasteiger partial charge in [0.25, 0.3) is 0 Å². The number of carbonyl (C=O) groups is 1. The van der Waals surface area contributed by atoms with Crippen LogP contribution in [0.3, 0.4) is 0 Å². The summed E-state index contributed by atoms with van der Waals surface area (Å²) < 4.78 is 1.59. The quantitative estimate of drug-likeness (QED) is 0.488. The second kappa shape index (κ2) is 7.83. The van der Waals surface area contributed by atoms with Crippen LogP contribution in [0.2, 0.25) is 0 Å². The highest BCUT2D eigenvalue weighted by Gasteiger charge is 2.34. The number of carbonyl (C=O) groups excluding carboxylic acids is 1. The molecular formula is C21H25N7O. The smallest absolute Gasteiger partial charge is 0.219 e. The molecule has 0 fully saturated rings. The van der Waals surface area contributed by atoms with Gasteiger partial charge in [0.1, 0.15) is 0 Å². The van der Waals surface area contributed by atoms with E-state index in [0.717, 1.165) is 16.8 Å². The molecule has 1 atom stereocenters. The molecule has 3 heterocycles. The summed E-state index contributed by atoms with van der Waals surface area (Å²) in [6.45, 7) is 6.15. The van der Waals surface area contributed by atoms with E-state index >= 15 is 0 Å². The Morgan fingerprint density at radius 1 is 1.14 bits per heavy atom. The van der Waals surface area contributed by atoms with Crippen LogP contribution in [-0.2, 0) is 12.5 Å². The molecule has 0 aliphatic rings. The monoisotopic (exact) mass is 391 g/mol. The third kappa shape index (κ3) is 4.01. The number of ketones is 1. The van der Waals surface area contributed by atoms with Crippen molar-refractivity contribution in [2.45, 2.75) is 26.2 Å². The van der Waals surface area contributed by atoms with Gasteiger partial charge in [-0.1, -0.05) is 19.9 Å². The summed E-state index contributed by atoms with van der Waals surface area (Å²) >= 11 is 0. The van der Waals surface area contributed by atoms with Crippen molar-refractivity contribution in [2.75, 3.05) is 5.73 Å². The van der Waals surface area contributed by atoms with Gasteiger partial charge in [-0.2, -0.15) is 5.10 Å². The number of nitrogens with zero attached hydrogens (tertiary/aromatic N) is 5. The van der Waals surface area contributed by atoms with Gasteiger partial charge in [0.15, 0.2) is 5.78 Å². The summed E-state index contributed by atoms with van der Waals surface area (Å²) in [4.78, 5) is 25.1. The van der Waals surface area contributed by atoms with Crippen molar-refractivity contribution in [2.24, 2.45) is 18.7 Å². The van der Waals surface area contributed by atoms with Crippen LogP contribution in [0.5, 0.6) is 0 Å². The largest absolute Gasteiger partial charge is 0.401 e. The third-order valence-corrected chi connectivity index (χ3v) is 5.36. The molecule has 4 N–H and O–H groups in total. The summed E-state index contributed by atoms with van der Waals surface area (Å²) in [5.41, 5.74) is 14.8. The molecule has 3 aromatic heterocycles. The fourth-order valence-corrected chi connectivity index (χ4v) is 3.10. The summed E-state index contributed by atoms with van der Waals surface area (Å²) in [5.74, 6) is 0.174. The molecule has 0 saturated heterocycles. The molecule has 0 saturated carbocycles. The van der Waals surface area contributed by atoms with Gasteiger partial charge in [-0.3, -0.25) is 14.5 Å². The molecule has 0 bridgehead atoms. The molecule has 0 radical (unpaired) electrons. The summed E-state index contributed by atoms with van der Waals surface area (Å²) in [6, 6.07) is 3.86. The number of aryl methyl sites for hydroxylation is 1. The second-order valence-electron chi connectivity index (χ2n) is 7.49. The van der Waals surface area contributed by atoms with Crippen LogP contribution in [0.1, 0.15) is 36.7 Å². The van der Waals surface area contributed by atoms with Crippen molar-refractivity contribution >= 4 is 11.7 Å². The molecule has 0 amide bonds. The first kappa shape index (κ1) is 20.2. The fraction of sp³-hybridized carbons (Fsp3) is 0.286. The van der Waals surface area contributed by atoms with E-state index in [1.54, 1.807) is 36.5 Å². The Labute approximate surface area is 169 Å². The Balaban J connectivity index is 1.94. The van der Waals surface area contributed by atoms with E-state index in [1.807, 2.05) is 19.1 Å². The summed E-state index contributed by atoms with van der Waals surface area (Å²) in [7, 11) is 1.77. The average Bonchev–Trinajstić information content (AvgIpc) is 3.14. The van der Waals surface area contributed by atoms with E-state index in [4.69, 9.17) is 11.5 Å². The van der Waals surface area contributed by atoms with Crippen molar-refractivity contribution in [1.82, 2.24) is 24.7 Å². The Bertz CT molecular complexity index is 1040. The van der Waals surface area contributed by atoms with Gasteiger partial charge < -0.3 is 11.5 Å². The number of aromatic nitrogens is 5. The van der Waals surface area contributed by atoms with Gasteiger partial charge in [-0.25, -0.2) is 9.97 Å². The minimum Gasteiger partial charge on any atom is -0.401 e. The van der Waals surface area contributed by atoms with Crippen LogP contribution < -0.4 is 11.5 Å². The third-order valence-electron chi connectivity index (χ3n) is 5.36. The maximum absolute atomic E-state index is 12.6. The minimum atomic E-state index is -0.568. The maximum Gasteiger partial charge on any atom is 0.219 e. The number of pyridine rings is 1. The molecule has 0 aliphatic heterocycles. The minimum absolute atomic E-state index is 0.132. The molecular weight excluding hydrogens is 366 g/mol. The lowest BCUT2D eigenvalue weighted by atomic mass is 9.71. The number of hydrogen-bond donors (Lipinski definition) is 2. The number of nitrogens with two attached hydrogens (primary N) is 2. The number of anilines is 1. The van der Waals surface area contributed by atoms with Gasteiger partial charge in [0, 0.05) is 54.6 Å². The zero-order valence-corrected chi connectivity index (χ0v) is 17.0. The Morgan fingerprint density at radius 3 is 2.34 bits per heavy atom. The first-order valence-electron chi connectivity index (χ1n) is 9.27. The summed E-state index contributed by atoms with van der Waals surface area (Å²) in [5, 5.41) is 4.04. The number of hydrogen-bond acceptors (Lipinski definition) is 7. The number of allylic oxidation sites excluding steroid dienone is 2. The van der Waals surface area contributed by atoms with E-state index in [-0.39, 0.29) is 17.6 Å². The molecule has 0 spiro atoms. The first-order chi connectivity index (χ1) is 13.7. The maximum atomic E-state index is 12.6. The van der Waals surface area contributed by atoms with E-state index in [0.29, 0.717) is 11.3 Å². The van der Waals surface area contributed by atoms with Gasteiger partial charge in [0.05, 0.1) is 17.5 Å². The lowest BCUT2D eigenvalue weighted by Gasteiger charge is -2.35. The van der Waals surface area contributed by atoms with E-state index < -0.39 is 5.41 Å². The molecule has 3 rings (SSSR count). The van der Waals surface area contributed by atoms with Crippen LogP contribution in [0.4, 0.5) is 5.95 Å². The zero-order chi connectivity index (χ0) is 21.2. The Hall–Kier alpha value is -3.55. The predicted molar refractivity (Wildman–Crippen MR) is 112 cm³/mol. The Kier molecular flexibility index (Phi) is 5.45. The van der Waals surface area contributed by atoms with Crippen LogP contribution in [0.25, 0.3) is 11.3 Å². The highest BCUT2D eigenvalue weighted by atomic mass is 16.1. The van der Waals surface area contributed by atoms with Gasteiger partial charge >= 0.3 is 0 Å². The average molecular weight is 391 g/mol. The SMILES string of the molecule is CC(C)[C@@](C)(/C(N)=C/C(=O)c1cnn(C)c1)c1ccc(-c2cnc(N)nc2)nc1. The van der Waals surface area contributed by atoms with Gasteiger partial charge in [0.2, 0.25) is 5.95 Å². The molecule has 3 aromatic rings. The topological polar surface area (TPSA) is 126 Å². The standard InChI is InChI=1S/C21H25N7O/c1-13(2)21(3,19(22)7-18(29)15-10-27-28(4)12-15)16-5-6-17(24-11-16)14-8-25-20(23)26-9-14/h5-13H,22H2,1-4H3,(H2,23,25,26)/b19-7-/t21-/m1/s1. The molecule has 0 aromatic carbocycles. The van der Waals surface area contributed by atoms with Gasteiger partial charge in [-0.05, 0) is 24.5 Å². The van der Waals surface area contributed by atoms with Crippen LogP contribution in [0.15, 0.2) is 54.9 Å². The molecule has 150 valence electrons. The molecule has 8 nitrogen and oxygen atoms in total. The van der Waals surface area contributed by atoms with E-state index in [1.165, 1.54) is 12.3 Å². The van der Waals surface area contributed by atoms with Crippen LogP contribution >= 0.6 is 0 Å². The second-order valence-corrected chi connectivity index (χ2v) is 7.49. The molecule has 29 heavy (non-hydrogen) atoms. The summed E-state index contributed by atoms with van der Waals surface area (Å²) in [6.07, 6.45) is 9.73. The van der Waals surface area contributed by atoms with Crippen LogP contribution in [0, 0.1) is 5.92 Å². The number of nitrogen functional groups attached to an aromatic ring is 1. The van der Waals surface area contributed by atoms with E-state index in [2.05, 4.69) is 33.9 Å². The zero-order valence-electron chi connectivity index (χ0n) is 17.0. The first-order valence-corrected chi connectivity index (χ1v) is 9.27. The lowest BCUT2D eigenvalue weighted by molar-refractivity contribution is 0.104. The fourth-order valence-electron chi connectivity index (χ4n) is 3.10. The van der Waals surface area contributed by atoms with Crippen molar-refractivity contribution < 1.29 is 4.79 Å². The number of rotatable bonds is 6. The molecule has 8 heteroatoms. The van der Waals surface area contributed by atoms with Gasteiger partial charge in [-0.15, -0.1) is 0 Å². The van der Waals surface area contributed by atoms with Crippen molar-refractivity contribution in [3.63, 3.8) is 0 Å². The molecule has 0 aliphatic carbocycles. The van der Waals surface area contributed by atoms with E-state index in [9.17, 15) is 4.79 Å². The highest BCUT2D eigenvalue weighted by molar-refractivity contribution is 6.04. The molecule has 0 unspecified atom stereocenters. The van der Waals surface area contributed by atoms with Crippen molar-refractivity contribution in [3.8, 4) is 11.3 Å². The van der Waals surface area contributed by atoms with Crippen molar-refractivity contribution in [3.05, 3.63) is 66.0 Å². The lowest BCUT2D eigenvalue weighted by Crippen LogP contribution is -2.35.